The monoisotopic (exact) mass is 172 g/mol. The predicted octanol–water partition coefficient (Wildman–Crippen LogP) is 0.361. The zero-order valence-electron chi connectivity index (χ0n) is 8.26. The highest BCUT2D eigenvalue weighted by atomic mass is 16.5. The van der Waals surface area contributed by atoms with Gasteiger partial charge < -0.3 is 15.4 Å². The fourth-order valence-corrected chi connectivity index (χ4v) is 1.37. The molecule has 1 rings (SSSR count). The van der Waals surface area contributed by atoms with Crippen LogP contribution in [0.5, 0.6) is 0 Å². The van der Waals surface area contributed by atoms with E-state index in [1.807, 2.05) is 0 Å². The Morgan fingerprint density at radius 3 is 2.92 bits per heavy atom. The zero-order valence-corrected chi connectivity index (χ0v) is 8.26. The van der Waals surface area contributed by atoms with Crippen molar-refractivity contribution in [2.75, 3.05) is 19.7 Å². The third-order valence-corrected chi connectivity index (χ3v) is 2.20. The molecule has 0 aliphatic carbocycles. The summed E-state index contributed by atoms with van der Waals surface area (Å²) < 4.78 is 5.52. The van der Waals surface area contributed by atoms with Gasteiger partial charge in [0.2, 0.25) is 0 Å². The second-order valence-corrected chi connectivity index (χ2v) is 3.70. The normalized spacial score (nSPS) is 31.0. The first-order valence-electron chi connectivity index (χ1n) is 4.78. The summed E-state index contributed by atoms with van der Waals surface area (Å²) in [5.41, 5.74) is 0. The lowest BCUT2D eigenvalue weighted by Crippen LogP contribution is -2.52. The minimum absolute atomic E-state index is 0.338. The van der Waals surface area contributed by atoms with Crippen LogP contribution in [0.15, 0.2) is 0 Å². The highest BCUT2D eigenvalue weighted by Crippen LogP contribution is 2.02. The molecule has 1 aliphatic rings. The van der Waals surface area contributed by atoms with Crippen LogP contribution in [0.2, 0.25) is 0 Å². The topological polar surface area (TPSA) is 33.3 Å². The minimum Gasteiger partial charge on any atom is -0.376 e. The SMILES string of the molecule is CC(C)NCC1NCCOC1C. The molecule has 0 spiro atoms. The Morgan fingerprint density at radius 1 is 1.58 bits per heavy atom. The summed E-state index contributed by atoms with van der Waals surface area (Å²) >= 11 is 0. The Hall–Kier alpha value is -0.120. The maximum Gasteiger partial charge on any atom is 0.0713 e. The van der Waals surface area contributed by atoms with Gasteiger partial charge in [0.25, 0.3) is 0 Å². The van der Waals surface area contributed by atoms with Crippen molar-refractivity contribution in [3.63, 3.8) is 0 Å². The van der Waals surface area contributed by atoms with Gasteiger partial charge in [-0.05, 0) is 6.92 Å². The van der Waals surface area contributed by atoms with Crippen LogP contribution in [0.4, 0.5) is 0 Å². The highest BCUT2D eigenvalue weighted by Gasteiger charge is 2.20. The van der Waals surface area contributed by atoms with E-state index in [0.717, 1.165) is 19.7 Å². The van der Waals surface area contributed by atoms with Gasteiger partial charge in [0.15, 0.2) is 0 Å². The van der Waals surface area contributed by atoms with Gasteiger partial charge in [0.1, 0.15) is 0 Å². The number of hydrogen-bond acceptors (Lipinski definition) is 3. The predicted molar refractivity (Wildman–Crippen MR) is 50.3 cm³/mol. The smallest absolute Gasteiger partial charge is 0.0713 e. The number of hydrogen-bond donors (Lipinski definition) is 2. The maximum absolute atomic E-state index is 5.52. The Labute approximate surface area is 74.9 Å². The average Bonchev–Trinajstić information content (AvgIpc) is 2.03. The van der Waals surface area contributed by atoms with E-state index in [-0.39, 0.29) is 0 Å². The lowest BCUT2D eigenvalue weighted by atomic mass is 10.1. The van der Waals surface area contributed by atoms with Crippen molar-refractivity contribution in [1.82, 2.24) is 10.6 Å². The summed E-state index contributed by atoms with van der Waals surface area (Å²) in [5, 5.41) is 6.84. The molecule has 1 saturated heterocycles. The first kappa shape index (κ1) is 9.96. The van der Waals surface area contributed by atoms with Crippen molar-refractivity contribution >= 4 is 0 Å². The van der Waals surface area contributed by atoms with E-state index in [0.29, 0.717) is 18.2 Å². The molecule has 0 saturated carbocycles. The molecular formula is C9H20N2O. The van der Waals surface area contributed by atoms with Crippen molar-refractivity contribution in [2.45, 2.75) is 39.0 Å². The van der Waals surface area contributed by atoms with Gasteiger partial charge in [-0.3, -0.25) is 0 Å². The van der Waals surface area contributed by atoms with E-state index in [9.17, 15) is 0 Å². The van der Waals surface area contributed by atoms with E-state index in [1.54, 1.807) is 0 Å². The largest absolute Gasteiger partial charge is 0.376 e. The van der Waals surface area contributed by atoms with Gasteiger partial charge in [0.05, 0.1) is 12.7 Å². The second kappa shape index (κ2) is 4.80. The molecular weight excluding hydrogens is 152 g/mol. The van der Waals surface area contributed by atoms with Gasteiger partial charge >= 0.3 is 0 Å². The highest BCUT2D eigenvalue weighted by molar-refractivity contribution is 4.80. The molecule has 0 aromatic rings. The van der Waals surface area contributed by atoms with E-state index >= 15 is 0 Å². The van der Waals surface area contributed by atoms with Crippen molar-refractivity contribution in [2.24, 2.45) is 0 Å². The first-order valence-corrected chi connectivity index (χ1v) is 4.78. The van der Waals surface area contributed by atoms with Crippen LogP contribution >= 0.6 is 0 Å². The van der Waals surface area contributed by atoms with Crippen LogP contribution in [-0.2, 0) is 4.74 Å². The number of ether oxygens (including phenoxy) is 1. The van der Waals surface area contributed by atoms with Gasteiger partial charge in [-0.1, -0.05) is 13.8 Å². The third-order valence-electron chi connectivity index (χ3n) is 2.20. The fraction of sp³-hybridized carbons (Fsp3) is 1.00. The maximum atomic E-state index is 5.52. The Morgan fingerprint density at radius 2 is 2.33 bits per heavy atom. The van der Waals surface area contributed by atoms with Crippen LogP contribution in [0, 0.1) is 0 Å². The molecule has 0 aromatic carbocycles. The lowest BCUT2D eigenvalue weighted by Gasteiger charge is -2.31. The average molecular weight is 172 g/mol. The van der Waals surface area contributed by atoms with Crippen molar-refractivity contribution in [3.05, 3.63) is 0 Å². The third kappa shape index (κ3) is 3.09. The Bertz CT molecular complexity index is 128. The van der Waals surface area contributed by atoms with E-state index < -0.39 is 0 Å². The van der Waals surface area contributed by atoms with E-state index in [1.165, 1.54) is 0 Å². The molecule has 2 atom stereocenters. The quantitative estimate of drug-likeness (QED) is 0.645. The van der Waals surface area contributed by atoms with Crippen molar-refractivity contribution in [3.8, 4) is 0 Å². The molecule has 2 N–H and O–H groups in total. The standard InChI is InChI=1S/C9H20N2O/c1-7(2)11-6-9-8(3)12-5-4-10-9/h7-11H,4-6H2,1-3H3. The summed E-state index contributed by atoms with van der Waals surface area (Å²) in [4.78, 5) is 0. The van der Waals surface area contributed by atoms with Gasteiger partial charge in [0, 0.05) is 25.2 Å². The molecule has 2 unspecified atom stereocenters. The minimum atomic E-state index is 0.338. The molecule has 1 fully saturated rings. The second-order valence-electron chi connectivity index (χ2n) is 3.70. The Kier molecular flexibility index (Phi) is 3.98. The summed E-state index contributed by atoms with van der Waals surface area (Å²) in [7, 11) is 0. The molecule has 0 aromatic heterocycles. The summed E-state index contributed by atoms with van der Waals surface area (Å²) in [6, 6.07) is 1.03. The van der Waals surface area contributed by atoms with E-state index in [4.69, 9.17) is 4.74 Å². The van der Waals surface area contributed by atoms with Crippen molar-refractivity contribution < 1.29 is 4.74 Å². The van der Waals surface area contributed by atoms with Crippen LogP contribution in [0.25, 0.3) is 0 Å². The van der Waals surface area contributed by atoms with Crippen molar-refractivity contribution in [1.29, 1.82) is 0 Å². The van der Waals surface area contributed by atoms with E-state index in [2.05, 4.69) is 31.4 Å². The molecule has 1 heterocycles. The van der Waals surface area contributed by atoms with Crippen LogP contribution in [0.3, 0.4) is 0 Å². The molecule has 3 heteroatoms. The molecule has 0 amide bonds. The van der Waals surface area contributed by atoms with Gasteiger partial charge in [-0.25, -0.2) is 0 Å². The number of morpholine rings is 1. The number of rotatable bonds is 3. The molecule has 0 radical (unpaired) electrons. The molecule has 3 nitrogen and oxygen atoms in total. The Balaban J connectivity index is 2.20. The fourth-order valence-electron chi connectivity index (χ4n) is 1.37. The summed E-state index contributed by atoms with van der Waals surface area (Å²) in [6.45, 7) is 9.27. The van der Waals surface area contributed by atoms with Gasteiger partial charge in [-0.2, -0.15) is 0 Å². The lowest BCUT2D eigenvalue weighted by molar-refractivity contribution is 0.00813. The van der Waals surface area contributed by atoms with Crippen LogP contribution < -0.4 is 10.6 Å². The zero-order chi connectivity index (χ0) is 8.97. The summed E-state index contributed by atoms with van der Waals surface area (Å²) in [6.07, 6.45) is 0.338. The molecule has 72 valence electrons. The molecule has 12 heavy (non-hydrogen) atoms. The first-order chi connectivity index (χ1) is 5.70. The van der Waals surface area contributed by atoms with Gasteiger partial charge in [-0.15, -0.1) is 0 Å². The summed E-state index contributed by atoms with van der Waals surface area (Å²) in [5.74, 6) is 0. The molecule has 1 aliphatic heterocycles. The number of nitrogens with one attached hydrogen (secondary N) is 2. The van der Waals surface area contributed by atoms with Crippen LogP contribution in [0.1, 0.15) is 20.8 Å². The van der Waals surface area contributed by atoms with Crippen LogP contribution in [-0.4, -0.2) is 37.9 Å². The molecule has 0 bridgehead atoms.